The van der Waals surface area contributed by atoms with Gasteiger partial charge in [0.2, 0.25) is 0 Å². The molecule has 0 fully saturated rings. The van der Waals surface area contributed by atoms with Crippen LogP contribution in [0.2, 0.25) is 0 Å². The number of hydrogen-bond acceptors (Lipinski definition) is 4. The second kappa shape index (κ2) is 5.60. The summed E-state index contributed by atoms with van der Waals surface area (Å²) < 4.78 is 11.4. The summed E-state index contributed by atoms with van der Waals surface area (Å²) in [7, 11) is 3.21. The summed E-state index contributed by atoms with van der Waals surface area (Å²) in [6.45, 7) is 0. The third kappa shape index (κ3) is 2.18. The summed E-state index contributed by atoms with van der Waals surface area (Å²) in [5, 5.41) is 8.63. The molecule has 106 valence electrons. The first-order valence-corrected chi connectivity index (χ1v) is 6.69. The van der Waals surface area contributed by atoms with Crippen molar-refractivity contribution in [2.24, 2.45) is 10.2 Å². The maximum atomic E-state index is 5.70. The van der Waals surface area contributed by atoms with E-state index in [9.17, 15) is 0 Å². The molecule has 0 spiro atoms. The van der Waals surface area contributed by atoms with Crippen molar-refractivity contribution in [2.45, 2.75) is 5.79 Å². The van der Waals surface area contributed by atoms with E-state index < -0.39 is 5.79 Å². The molecule has 4 heteroatoms. The predicted molar refractivity (Wildman–Crippen MR) is 82.7 cm³/mol. The lowest BCUT2D eigenvalue weighted by atomic mass is 9.94. The van der Waals surface area contributed by atoms with Crippen molar-refractivity contribution >= 4 is 11.4 Å². The summed E-state index contributed by atoms with van der Waals surface area (Å²) in [6.07, 6.45) is 0. The molecule has 0 N–H and O–H groups in total. The maximum Gasteiger partial charge on any atom is 0.261 e. The van der Waals surface area contributed by atoms with Crippen LogP contribution in [0.15, 0.2) is 70.9 Å². The molecule has 1 aliphatic rings. The summed E-state index contributed by atoms with van der Waals surface area (Å²) in [5.74, 6) is -1.08. The summed E-state index contributed by atoms with van der Waals surface area (Å²) in [4.78, 5) is 0. The van der Waals surface area contributed by atoms with Gasteiger partial charge in [0.1, 0.15) is 11.4 Å². The van der Waals surface area contributed by atoms with E-state index in [0.29, 0.717) is 11.4 Å². The molecule has 0 saturated heterocycles. The van der Waals surface area contributed by atoms with Crippen molar-refractivity contribution in [3.63, 3.8) is 0 Å². The Balaban J connectivity index is 2.08. The predicted octanol–water partition coefficient (Wildman–Crippen LogP) is 2.88. The lowest BCUT2D eigenvalue weighted by Gasteiger charge is -2.29. The topological polar surface area (TPSA) is 43.2 Å². The highest BCUT2D eigenvalue weighted by molar-refractivity contribution is 6.27. The third-order valence-corrected chi connectivity index (χ3v) is 3.54. The normalized spacial score (nSPS) is 16.5. The van der Waals surface area contributed by atoms with E-state index in [4.69, 9.17) is 9.47 Å². The van der Waals surface area contributed by atoms with Gasteiger partial charge in [-0.2, -0.15) is 0 Å². The Morgan fingerprint density at radius 1 is 0.667 bits per heavy atom. The Morgan fingerprint density at radius 2 is 1.05 bits per heavy atom. The van der Waals surface area contributed by atoms with Crippen molar-refractivity contribution in [2.75, 3.05) is 14.2 Å². The molecule has 21 heavy (non-hydrogen) atoms. The zero-order chi connectivity index (χ0) is 14.7. The minimum Gasteiger partial charge on any atom is -0.343 e. The lowest BCUT2D eigenvalue weighted by Crippen LogP contribution is -2.48. The largest absolute Gasteiger partial charge is 0.343 e. The first-order chi connectivity index (χ1) is 10.3. The van der Waals surface area contributed by atoms with Gasteiger partial charge in [0.15, 0.2) is 0 Å². The Hall–Kier alpha value is -2.30. The number of hydrogen-bond donors (Lipinski definition) is 0. The number of nitrogens with zero attached hydrogens (tertiary/aromatic N) is 2. The lowest BCUT2D eigenvalue weighted by molar-refractivity contribution is -0.0980. The molecular formula is C17H16N2O2. The highest BCUT2D eigenvalue weighted by atomic mass is 16.7. The van der Waals surface area contributed by atoms with E-state index in [-0.39, 0.29) is 0 Å². The molecule has 0 saturated carbocycles. The van der Waals surface area contributed by atoms with Crippen molar-refractivity contribution in [1.29, 1.82) is 0 Å². The van der Waals surface area contributed by atoms with E-state index in [1.807, 2.05) is 60.7 Å². The van der Waals surface area contributed by atoms with E-state index in [1.165, 1.54) is 0 Å². The van der Waals surface area contributed by atoms with Gasteiger partial charge in [0.05, 0.1) is 0 Å². The molecule has 4 nitrogen and oxygen atoms in total. The Bertz CT molecular complexity index is 617. The molecule has 0 aromatic heterocycles. The van der Waals surface area contributed by atoms with Gasteiger partial charge in [0.25, 0.3) is 5.79 Å². The van der Waals surface area contributed by atoms with Crippen LogP contribution in [0.4, 0.5) is 0 Å². The van der Waals surface area contributed by atoms with Gasteiger partial charge in [-0.15, -0.1) is 10.2 Å². The molecule has 0 unspecified atom stereocenters. The number of rotatable bonds is 4. The molecule has 3 rings (SSSR count). The van der Waals surface area contributed by atoms with Crippen LogP contribution >= 0.6 is 0 Å². The van der Waals surface area contributed by atoms with E-state index >= 15 is 0 Å². The molecule has 0 amide bonds. The molecule has 0 bridgehead atoms. The van der Waals surface area contributed by atoms with Gasteiger partial charge in [-0.25, -0.2) is 0 Å². The van der Waals surface area contributed by atoms with Crippen molar-refractivity contribution in [1.82, 2.24) is 0 Å². The Labute approximate surface area is 123 Å². The average molecular weight is 280 g/mol. The van der Waals surface area contributed by atoms with Crippen LogP contribution in [-0.4, -0.2) is 31.4 Å². The standard InChI is InChI=1S/C17H16N2O2/c1-20-17(21-2)15(13-9-5-3-6-10-13)18-19-16(17)14-11-7-4-8-12-14/h3-12H,1-2H3. The van der Waals surface area contributed by atoms with Gasteiger partial charge in [0, 0.05) is 25.3 Å². The number of ether oxygens (including phenoxy) is 2. The number of methoxy groups -OCH3 is 2. The highest BCUT2D eigenvalue weighted by Gasteiger charge is 2.47. The van der Waals surface area contributed by atoms with E-state index in [2.05, 4.69) is 10.2 Å². The Morgan fingerprint density at radius 3 is 1.38 bits per heavy atom. The fraction of sp³-hybridized carbons (Fsp3) is 0.176. The van der Waals surface area contributed by atoms with Gasteiger partial charge in [-0.05, 0) is 0 Å². The van der Waals surface area contributed by atoms with E-state index in [1.54, 1.807) is 14.2 Å². The fourth-order valence-corrected chi connectivity index (χ4v) is 2.50. The maximum absolute atomic E-state index is 5.70. The zero-order valence-corrected chi connectivity index (χ0v) is 12.0. The highest BCUT2D eigenvalue weighted by Crippen LogP contribution is 2.29. The molecule has 1 aliphatic heterocycles. The SMILES string of the molecule is COC1(OC)C(c2ccccc2)=NN=C1c1ccccc1. The molecule has 2 aromatic carbocycles. The second-order valence-corrected chi connectivity index (χ2v) is 4.65. The van der Waals surface area contributed by atoms with Crippen LogP contribution in [0.3, 0.4) is 0 Å². The van der Waals surface area contributed by atoms with Crippen LogP contribution in [0, 0.1) is 0 Å². The minimum absolute atomic E-state index is 0.659. The molecule has 2 aromatic rings. The quantitative estimate of drug-likeness (QED) is 0.808. The van der Waals surface area contributed by atoms with Gasteiger partial charge in [-0.1, -0.05) is 60.7 Å². The van der Waals surface area contributed by atoms with Crippen LogP contribution in [0.25, 0.3) is 0 Å². The number of benzene rings is 2. The van der Waals surface area contributed by atoms with Crippen LogP contribution in [-0.2, 0) is 9.47 Å². The van der Waals surface area contributed by atoms with Crippen LogP contribution in [0.1, 0.15) is 11.1 Å². The summed E-state index contributed by atoms with van der Waals surface area (Å²) in [5.41, 5.74) is 3.17. The molecular weight excluding hydrogens is 264 g/mol. The summed E-state index contributed by atoms with van der Waals surface area (Å²) >= 11 is 0. The average Bonchev–Trinajstić information content (AvgIpc) is 2.96. The Kier molecular flexibility index (Phi) is 3.64. The third-order valence-electron chi connectivity index (χ3n) is 3.54. The summed E-state index contributed by atoms with van der Waals surface area (Å²) in [6, 6.07) is 19.6. The fourth-order valence-electron chi connectivity index (χ4n) is 2.50. The van der Waals surface area contributed by atoms with Crippen LogP contribution < -0.4 is 0 Å². The molecule has 0 radical (unpaired) electrons. The first kappa shape index (κ1) is 13.7. The van der Waals surface area contributed by atoms with Crippen molar-refractivity contribution in [3.05, 3.63) is 71.8 Å². The smallest absolute Gasteiger partial charge is 0.261 e. The first-order valence-electron chi connectivity index (χ1n) is 6.69. The van der Waals surface area contributed by atoms with Gasteiger partial charge >= 0.3 is 0 Å². The molecule has 0 aliphatic carbocycles. The zero-order valence-electron chi connectivity index (χ0n) is 12.0. The second-order valence-electron chi connectivity index (χ2n) is 4.65. The van der Waals surface area contributed by atoms with E-state index in [0.717, 1.165) is 11.1 Å². The monoisotopic (exact) mass is 280 g/mol. The minimum atomic E-state index is -1.08. The van der Waals surface area contributed by atoms with Crippen molar-refractivity contribution in [3.8, 4) is 0 Å². The van der Waals surface area contributed by atoms with Gasteiger partial charge in [-0.3, -0.25) is 0 Å². The van der Waals surface area contributed by atoms with Gasteiger partial charge < -0.3 is 9.47 Å². The molecule has 1 heterocycles. The molecule has 0 atom stereocenters. The van der Waals surface area contributed by atoms with Crippen LogP contribution in [0.5, 0.6) is 0 Å². The van der Waals surface area contributed by atoms with Crippen molar-refractivity contribution < 1.29 is 9.47 Å².